The molecule has 1 atom stereocenters. The number of hydrogen-bond acceptors (Lipinski definition) is 2. The lowest BCUT2D eigenvalue weighted by atomic mass is 10.0. The van der Waals surface area contributed by atoms with E-state index in [0.717, 1.165) is 0 Å². The lowest BCUT2D eigenvalue weighted by Crippen LogP contribution is -2.52. The van der Waals surface area contributed by atoms with Gasteiger partial charge in [-0.05, 0) is 18.2 Å². The SMILES string of the molecule is O=C1NCCN(C(=O)c2ccc[nH]2)[C@@H]1c1ccccc1Cl. The van der Waals surface area contributed by atoms with Crippen LogP contribution in [0.3, 0.4) is 0 Å². The van der Waals surface area contributed by atoms with E-state index in [-0.39, 0.29) is 11.8 Å². The van der Waals surface area contributed by atoms with Crippen LogP contribution in [0.2, 0.25) is 5.02 Å². The fourth-order valence-electron chi connectivity index (χ4n) is 2.51. The molecule has 108 valence electrons. The molecular formula is C15H14ClN3O2. The number of aromatic nitrogens is 1. The van der Waals surface area contributed by atoms with E-state index < -0.39 is 6.04 Å². The topological polar surface area (TPSA) is 65.2 Å². The van der Waals surface area contributed by atoms with Crippen molar-refractivity contribution in [2.24, 2.45) is 0 Å². The second kappa shape index (κ2) is 5.61. The van der Waals surface area contributed by atoms with Crippen LogP contribution in [0.1, 0.15) is 22.1 Å². The Bertz CT molecular complexity index is 669. The summed E-state index contributed by atoms with van der Waals surface area (Å²) < 4.78 is 0. The fourth-order valence-corrected chi connectivity index (χ4v) is 2.75. The molecule has 21 heavy (non-hydrogen) atoms. The highest BCUT2D eigenvalue weighted by Crippen LogP contribution is 2.30. The van der Waals surface area contributed by atoms with Gasteiger partial charge in [0.2, 0.25) is 5.91 Å². The molecule has 6 heteroatoms. The Balaban J connectivity index is 1.99. The maximum atomic E-state index is 12.6. The molecule has 2 amide bonds. The third-order valence-electron chi connectivity index (χ3n) is 3.50. The lowest BCUT2D eigenvalue weighted by molar-refractivity contribution is -0.128. The molecule has 0 bridgehead atoms. The van der Waals surface area contributed by atoms with Crippen molar-refractivity contribution in [3.05, 3.63) is 58.9 Å². The molecule has 2 N–H and O–H groups in total. The van der Waals surface area contributed by atoms with Crippen molar-refractivity contribution < 1.29 is 9.59 Å². The number of benzene rings is 1. The summed E-state index contributed by atoms with van der Waals surface area (Å²) in [7, 11) is 0. The molecule has 1 fully saturated rings. The molecule has 0 unspecified atom stereocenters. The summed E-state index contributed by atoms with van der Waals surface area (Å²) in [6.07, 6.45) is 1.68. The highest BCUT2D eigenvalue weighted by molar-refractivity contribution is 6.31. The normalized spacial score (nSPS) is 18.4. The van der Waals surface area contributed by atoms with Gasteiger partial charge in [-0.2, -0.15) is 0 Å². The number of aromatic amines is 1. The van der Waals surface area contributed by atoms with Crippen molar-refractivity contribution >= 4 is 23.4 Å². The zero-order valence-corrected chi connectivity index (χ0v) is 11.9. The predicted octanol–water partition coefficient (Wildman–Crippen LogP) is 1.98. The molecule has 0 radical (unpaired) electrons. The molecule has 1 aromatic carbocycles. The van der Waals surface area contributed by atoms with Crippen LogP contribution in [-0.2, 0) is 4.79 Å². The average molecular weight is 304 g/mol. The van der Waals surface area contributed by atoms with E-state index in [4.69, 9.17) is 11.6 Å². The number of H-pyrrole nitrogens is 1. The van der Waals surface area contributed by atoms with Crippen LogP contribution in [0, 0.1) is 0 Å². The lowest BCUT2D eigenvalue weighted by Gasteiger charge is -2.35. The van der Waals surface area contributed by atoms with Gasteiger partial charge in [-0.1, -0.05) is 29.8 Å². The first-order valence-electron chi connectivity index (χ1n) is 6.65. The van der Waals surface area contributed by atoms with Gasteiger partial charge in [0.25, 0.3) is 5.91 Å². The van der Waals surface area contributed by atoms with E-state index in [1.807, 2.05) is 0 Å². The van der Waals surface area contributed by atoms with E-state index in [9.17, 15) is 9.59 Å². The second-order valence-corrected chi connectivity index (χ2v) is 5.20. The number of rotatable bonds is 2. The minimum absolute atomic E-state index is 0.209. The highest BCUT2D eigenvalue weighted by atomic mass is 35.5. The van der Waals surface area contributed by atoms with Gasteiger partial charge in [-0.3, -0.25) is 9.59 Å². The maximum absolute atomic E-state index is 12.6. The summed E-state index contributed by atoms with van der Waals surface area (Å²) in [4.78, 5) is 29.3. The van der Waals surface area contributed by atoms with Crippen molar-refractivity contribution in [2.45, 2.75) is 6.04 Å². The number of nitrogens with one attached hydrogen (secondary N) is 2. The van der Waals surface area contributed by atoms with Crippen LogP contribution >= 0.6 is 11.6 Å². The van der Waals surface area contributed by atoms with Crippen molar-refractivity contribution in [1.82, 2.24) is 15.2 Å². The summed E-state index contributed by atoms with van der Waals surface area (Å²) in [6, 6.07) is 9.83. The molecule has 1 saturated heterocycles. The first-order chi connectivity index (χ1) is 10.2. The van der Waals surface area contributed by atoms with Crippen LogP contribution in [0.4, 0.5) is 0 Å². The smallest absolute Gasteiger partial charge is 0.271 e. The van der Waals surface area contributed by atoms with Crippen LogP contribution < -0.4 is 5.32 Å². The summed E-state index contributed by atoms with van der Waals surface area (Å²) >= 11 is 6.19. The number of carbonyl (C=O) groups excluding carboxylic acids is 2. The zero-order valence-electron chi connectivity index (χ0n) is 11.2. The van der Waals surface area contributed by atoms with Gasteiger partial charge in [0.05, 0.1) is 0 Å². The van der Waals surface area contributed by atoms with Gasteiger partial charge in [-0.15, -0.1) is 0 Å². The van der Waals surface area contributed by atoms with E-state index in [1.54, 1.807) is 47.5 Å². The molecule has 3 rings (SSSR count). The second-order valence-electron chi connectivity index (χ2n) is 4.80. The monoisotopic (exact) mass is 303 g/mol. The third-order valence-corrected chi connectivity index (χ3v) is 3.85. The number of carbonyl (C=O) groups is 2. The molecule has 0 saturated carbocycles. The first kappa shape index (κ1) is 13.7. The summed E-state index contributed by atoms with van der Waals surface area (Å²) in [5.74, 6) is -0.422. The van der Waals surface area contributed by atoms with Crippen LogP contribution in [0.25, 0.3) is 0 Å². The average Bonchev–Trinajstić information content (AvgIpc) is 3.01. The molecule has 0 aliphatic carbocycles. The van der Waals surface area contributed by atoms with Crippen molar-refractivity contribution in [1.29, 1.82) is 0 Å². The number of hydrogen-bond donors (Lipinski definition) is 2. The molecule has 2 aromatic rings. The number of piperazine rings is 1. The van der Waals surface area contributed by atoms with Gasteiger partial charge in [0, 0.05) is 29.9 Å². The minimum Gasteiger partial charge on any atom is -0.357 e. The van der Waals surface area contributed by atoms with E-state index in [0.29, 0.717) is 29.4 Å². The molecule has 2 heterocycles. The molecule has 5 nitrogen and oxygen atoms in total. The van der Waals surface area contributed by atoms with Crippen LogP contribution in [0.5, 0.6) is 0 Å². The van der Waals surface area contributed by atoms with E-state index in [2.05, 4.69) is 10.3 Å². The fraction of sp³-hybridized carbons (Fsp3) is 0.200. The zero-order chi connectivity index (χ0) is 14.8. The molecule has 0 spiro atoms. The highest BCUT2D eigenvalue weighted by Gasteiger charge is 2.36. The van der Waals surface area contributed by atoms with Gasteiger partial charge in [-0.25, -0.2) is 0 Å². The van der Waals surface area contributed by atoms with Crippen LogP contribution in [-0.4, -0.2) is 34.8 Å². The van der Waals surface area contributed by atoms with Crippen LogP contribution in [0.15, 0.2) is 42.6 Å². The Kier molecular flexibility index (Phi) is 3.66. The van der Waals surface area contributed by atoms with Gasteiger partial charge in [0.1, 0.15) is 11.7 Å². The Morgan fingerprint density at radius 1 is 1.24 bits per heavy atom. The summed E-state index contributed by atoms with van der Waals surface area (Å²) in [5, 5.41) is 3.26. The largest absolute Gasteiger partial charge is 0.357 e. The quantitative estimate of drug-likeness (QED) is 0.891. The first-order valence-corrected chi connectivity index (χ1v) is 7.03. The van der Waals surface area contributed by atoms with Crippen molar-refractivity contribution in [3.63, 3.8) is 0 Å². The Morgan fingerprint density at radius 2 is 2.05 bits per heavy atom. The maximum Gasteiger partial charge on any atom is 0.271 e. The minimum atomic E-state index is -0.705. The number of amides is 2. The summed E-state index contributed by atoms with van der Waals surface area (Å²) in [5.41, 5.74) is 1.10. The van der Waals surface area contributed by atoms with E-state index >= 15 is 0 Å². The number of halogens is 1. The predicted molar refractivity (Wildman–Crippen MR) is 79.0 cm³/mol. The van der Waals surface area contributed by atoms with Crippen molar-refractivity contribution in [3.8, 4) is 0 Å². The Morgan fingerprint density at radius 3 is 2.76 bits per heavy atom. The third kappa shape index (κ3) is 2.52. The Hall–Kier alpha value is -2.27. The number of nitrogens with zero attached hydrogens (tertiary/aromatic N) is 1. The molecular weight excluding hydrogens is 290 g/mol. The van der Waals surface area contributed by atoms with E-state index in [1.165, 1.54) is 0 Å². The molecule has 1 aliphatic heterocycles. The van der Waals surface area contributed by atoms with Gasteiger partial charge in [0.15, 0.2) is 0 Å². The standard InChI is InChI=1S/C15H14ClN3O2/c16-11-5-2-1-4-10(11)13-14(20)18-8-9-19(13)15(21)12-6-3-7-17-12/h1-7,13,17H,8-9H2,(H,18,20)/t13-/m1/s1. The Labute approximate surface area is 126 Å². The van der Waals surface area contributed by atoms with Gasteiger partial charge < -0.3 is 15.2 Å². The van der Waals surface area contributed by atoms with Crippen molar-refractivity contribution in [2.75, 3.05) is 13.1 Å². The van der Waals surface area contributed by atoms with Gasteiger partial charge >= 0.3 is 0 Å². The molecule has 1 aromatic heterocycles. The molecule has 1 aliphatic rings. The summed E-state index contributed by atoms with van der Waals surface area (Å²) in [6.45, 7) is 0.881.